The van der Waals surface area contributed by atoms with Crippen LogP contribution in [-0.2, 0) is 16.8 Å². The summed E-state index contributed by atoms with van der Waals surface area (Å²) in [5.41, 5.74) is 8.28. The summed E-state index contributed by atoms with van der Waals surface area (Å²) in [5, 5.41) is 0. The summed E-state index contributed by atoms with van der Waals surface area (Å²) in [5.74, 6) is 0. The zero-order valence-electron chi connectivity index (χ0n) is 7.63. The van der Waals surface area contributed by atoms with Crippen molar-refractivity contribution in [1.82, 2.24) is 0 Å². The second kappa shape index (κ2) is 5.78. The summed E-state index contributed by atoms with van der Waals surface area (Å²) in [7, 11) is 0. The molecule has 0 bridgehead atoms. The number of hydrogen-bond donors (Lipinski definition) is 1. The van der Waals surface area contributed by atoms with Crippen LogP contribution < -0.4 is 5.73 Å². The molecule has 2 N–H and O–H groups in total. The van der Waals surface area contributed by atoms with Crippen LogP contribution in [0.5, 0.6) is 0 Å². The second-order valence-corrected chi connectivity index (χ2v) is 2.56. The van der Waals surface area contributed by atoms with Crippen LogP contribution in [0.25, 0.3) is 0 Å². The van der Waals surface area contributed by atoms with Crippen LogP contribution in [0.2, 0.25) is 0 Å². The standard InChI is InChI=1S/C10H13N2.Co/c1-3-5-10-8(7-11)6-9(4-2)12-10;/h3,7H,1,4-5,11H2,2H3;/q-1;. The van der Waals surface area contributed by atoms with Gasteiger partial charge in [-0.25, -0.2) is 0 Å². The van der Waals surface area contributed by atoms with Gasteiger partial charge in [0.25, 0.3) is 0 Å². The van der Waals surface area contributed by atoms with E-state index in [0.29, 0.717) is 0 Å². The summed E-state index contributed by atoms with van der Waals surface area (Å²) in [6, 6.07) is 0. The first-order chi connectivity index (χ1) is 5.81. The van der Waals surface area contributed by atoms with E-state index in [1.54, 1.807) is 6.20 Å². The zero-order chi connectivity index (χ0) is 8.97. The van der Waals surface area contributed by atoms with E-state index in [0.717, 1.165) is 29.8 Å². The molecule has 73 valence electrons. The Kier molecular flexibility index (Phi) is 5.42. The van der Waals surface area contributed by atoms with Crippen molar-refractivity contribution in [3.05, 3.63) is 36.2 Å². The first-order valence-electron chi connectivity index (χ1n) is 4.05. The fourth-order valence-electron chi connectivity index (χ4n) is 1.08. The maximum absolute atomic E-state index is 5.42. The van der Waals surface area contributed by atoms with E-state index in [2.05, 4.69) is 24.6 Å². The molecule has 1 radical (unpaired) electrons. The van der Waals surface area contributed by atoms with Crippen LogP contribution >= 0.6 is 0 Å². The van der Waals surface area contributed by atoms with Crippen molar-refractivity contribution in [1.29, 1.82) is 0 Å². The molecule has 0 fully saturated rings. The molecule has 2 nitrogen and oxygen atoms in total. The summed E-state index contributed by atoms with van der Waals surface area (Å²) in [6.45, 7) is 5.71. The normalized spacial score (nSPS) is 17.8. The molecular weight excluding hydrogens is 207 g/mol. The summed E-state index contributed by atoms with van der Waals surface area (Å²) >= 11 is 0. The van der Waals surface area contributed by atoms with E-state index in [1.807, 2.05) is 6.08 Å². The van der Waals surface area contributed by atoms with E-state index in [4.69, 9.17) is 5.73 Å². The number of aliphatic imine (C=N–C) groups is 1. The molecule has 0 saturated carbocycles. The molecule has 0 aromatic carbocycles. The third-order valence-electron chi connectivity index (χ3n) is 1.70. The van der Waals surface area contributed by atoms with Gasteiger partial charge in [-0.3, -0.25) is 0 Å². The fraction of sp³-hybridized carbons (Fsp3) is 0.300. The number of allylic oxidation sites excluding steroid dienone is 4. The average Bonchev–Trinajstić information content (AvgIpc) is 2.48. The Morgan fingerprint density at radius 1 is 1.62 bits per heavy atom. The van der Waals surface area contributed by atoms with Crippen LogP contribution in [0.4, 0.5) is 0 Å². The van der Waals surface area contributed by atoms with Crippen LogP contribution in [0.1, 0.15) is 19.8 Å². The summed E-state index contributed by atoms with van der Waals surface area (Å²) in [4.78, 5) is 4.35. The van der Waals surface area contributed by atoms with Gasteiger partial charge < -0.3 is 10.7 Å². The van der Waals surface area contributed by atoms with E-state index in [9.17, 15) is 0 Å². The van der Waals surface area contributed by atoms with Gasteiger partial charge in [-0.1, -0.05) is 18.7 Å². The molecule has 3 heteroatoms. The van der Waals surface area contributed by atoms with Gasteiger partial charge in [0.1, 0.15) is 0 Å². The first kappa shape index (κ1) is 12.2. The minimum Gasteiger partial charge on any atom is -0.455 e. The van der Waals surface area contributed by atoms with Crippen LogP contribution in [0.15, 0.2) is 35.1 Å². The summed E-state index contributed by atoms with van der Waals surface area (Å²) < 4.78 is 0. The Labute approximate surface area is 89.5 Å². The molecule has 0 amide bonds. The van der Waals surface area contributed by atoms with Crippen LogP contribution in [-0.4, -0.2) is 5.71 Å². The van der Waals surface area contributed by atoms with Gasteiger partial charge in [0.05, 0.1) is 0 Å². The Balaban J connectivity index is 0.00000144. The molecule has 1 rings (SSSR count). The molecule has 1 heterocycles. The quantitative estimate of drug-likeness (QED) is 0.573. The molecular formula is C10H13CoN2-. The molecule has 0 spiro atoms. The Morgan fingerprint density at radius 2 is 2.31 bits per heavy atom. The molecule has 1 aliphatic heterocycles. The van der Waals surface area contributed by atoms with Gasteiger partial charge in [-0.2, -0.15) is 11.6 Å². The van der Waals surface area contributed by atoms with Crippen molar-refractivity contribution < 1.29 is 16.8 Å². The predicted octanol–water partition coefficient (Wildman–Crippen LogP) is 1.95. The van der Waals surface area contributed by atoms with Gasteiger partial charge in [-0.15, -0.1) is 12.8 Å². The van der Waals surface area contributed by atoms with E-state index >= 15 is 0 Å². The maximum Gasteiger partial charge on any atom is 0 e. The van der Waals surface area contributed by atoms with Crippen molar-refractivity contribution in [2.24, 2.45) is 10.7 Å². The van der Waals surface area contributed by atoms with Gasteiger partial charge in [0.15, 0.2) is 0 Å². The van der Waals surface area contributed by atoms with E-state index in [-0.39, 0.29) is 16.8 Å². The van der Waals surface area contributed by atoms with Crippen molar-refractivity contribution in [3.63, 3.8) is 0 Å². The largest absolute Gasteiger partial charge is 0.455 e. The van der Waals surface area contributed by atoms with Crippen molar-refractivity contribution >= 4 is 5.71 Å². The zero-order valence-corrected chi connectivity index (χ0v) is 8.67. The molecule has 0 aromatic heterocycles. The van der Waals surface area contributed by atoms with Crippen LogP contribution in [0, 0.1) is 6.08 Å². The Bertz CT molecular complexity index is 275. The maximum atomic E-state index is 5.42. The van der Waals surface area contributed by atoms with Gasteiger partial charge in [-0.05, 0) is 18.5 Å². The van der Waals surface area contributed by atoms with Gasteiger partial charge in [0, 0.05) is 16.8 Å². The molecule has 0 atom stereocenters. The second-order valence-electron chi connectivity index (χ2n) is 2.56. The number of nitrogens with zero attached hydrogens (tertiary/aromatic N) is 1. The molecule has 1 aliphatic rings. The third-order valence-corrected chi connectivity index (χ3v) is 1.70. The molecule has 0 unspecified atom stereocenters. The number of rotatable bonds is 3. The van der Waals surface area contributed by atoms with Gasteiger partial charge in [0.2, 0.25) is 0 Å². The van der Waals surface area contributed by atoms with Crippen molar-refractivity contribution in [2.75, 3.05) is 0 Å². The van der Waals surface area contributed by atoms with Crippen molar-refractivity contribution in [3.8, 4) is 0 Å². The van der Waals surface area contributed by atoms with E-state index in [1.165, 1.54) is 0 Å². The Hall–Kier alpha value is -0.804. The molecule has 0 saturated heterocycles. The molecule has 0 aromatic rings. The summed E-state index contributed by atoms with van der Waals surface area (Å²) in [6.07, 6.45) is 8.16. The Morgan fingerprint density at radius 3 is 2.77 bits per heavy atom. The monoisotopic (exact) mass is 220 g/mol. The minimum absolute atomic E-state index is 0. The molecule has 13 heavy (non-hydrogen) atoms. The first-order valence-corrected chi connectivity index (χ1v) is 4.05. The number of hydrogen-bond acceptors (Lipinski definition) is 2. The fourth-order valence-corrected chi connectivity index (χ4v) is 1.08. The predicted molar refractivity (Wildman–Crippen MR) is 51.6 cm³/mol. The smallest absolute Gasteiger partial charge is 0 e. The van der Waals surface area contributed by atoms with Crippen LogP contribution in [0.3, 0.4) is 0 Å². The van der Waals surface area contributed by atoms with E-state index < -0.39 is 0 Å². The number of nitrogens with two attached hydrogens (primary N) is 1. The average molecular weight is 220 g/mol. The van der Waals surface area contributed by atoms with Gasteiger partial charge >= 0.3 is 0 Å². The van der Waals surface area contributed by atoms with Crippen molar-refractivity contribution in [2.45, 2.75) is 19.8 Å². The SMILES string of the molecule is C=CCC1=NC(CC)=[C-]C1=CN.[Co]. The topological polar surface area (TPSA) is 38.4 Å². The molecule has 0 aliphatic carbocycles. The minimum atomic E-state index is 0. The third kappa shape index (κ3) is 2.86.